The molecule has 1 aromatic carbocycles. The Kier molecular flexibility index (Phi) is 4.83. The molecule has 5 heteroatoms. The Morgan fingerprint density at radius 1 is 1.56 bits per heavy atom. The maximum absolute atomic E-state index is 13.7. The summed E-state index contributed by atoms with van der Waals surface area (Å²) >= 11 is 0. The highest BCUT2D eigenvalue weighted by Crippen LogP contribution is 2.19. The van der Waals surface area contributed by atoms with Crippen LogP contribution in [0.4, 0.5) is 10.1 Å². The van der Waals surface area contributed by atoms with E-state index in [1.165, 1.54) is 12.1 Å². The summed E-state index contributed by atoms with van der Waals surface area (Å²) in [6.45, 7) is 2.17. The molecule has 4 nitrogen and oxygen atoms in total. The van der Waals surface area contributed by atoms with Crippen molar-refractivity contribution in [2.24, 2.45) is 5.92 Å². The van der Waals surface area contributed by atoms with Gasteiger partial charge < -0.3 is 10.2 Å². The van der Waals surface area contributed by atoms with Crippen molar-refractivity contribution in [2.75, 3.05) is 25.5 Å². The Labute approximate surface area is 106 Å². The fraction of sp³-hybridized carbons (Fsp3) is 0.385. The smallest absolute Gasteiger partial charge is 0.224 e. The molecule has 0 spiro atoms. The highest BCUT2D eigenvalue weighted by Gasteiger charge is 2.16. The number of benzene rings is 1. The predicted molar refractivity (Wildman–Crippen MR) is 68.3 cm³/mol. The van der Waals surface area contributed by atoms with E-state index in [1.54, 1.807) is 32.0 Å². The molecule has 0 fully saturated rings. The number of hydrogen-bond acceptors (Lipinski definition) is 3. The Morgan fingerprint density at radius 2 is 2.22 bits per heavy atom. The van der Waals surface area contributed by atoms with Crippen molar-refractivity contribution in [3.05, 3.63) is 29.6 Å². The normalized spacial score (nSPS) is 11.8. The van der Waals surface area contributed by atoms with Gasteiger partial charge in [0.05, 0.1) is 11.6 Å². The number of nitrogens with zero attached hydrogens (tertiary/aromatic N) is 1. The highest BCUT2D eigenvalue weighted by molar-refractivity contribution is 5.79. The zero-order valence-electron chi connectivity index (χ0n) is 10.7. The van der Waals surface area contributed by atoms with Crippen molar-refractivity contribution in [3.63, 3.8) is 0 Å². The Morgan fingerprint density at radius 3 is 2.72 bits per heavy atom. The summed E-state index contributed by atoms with van der Waals surface area (Å²) < 4.78 is 13.7. The van der Waals surface area contributed by atoms with E-state index >= 15 is 0 Å². The molecule has 1 atom stereocenters. The number of hydrogen-bond donors (Lipinski definition) is 1. The molecule has 0 saturated carbocycles. The first-order valence-corrected chi connectivity index (χ1v) is 5.67. The molecule has 0 heterocycles. The SMILES string of the molecule is CNC(=O)C(C)CN(C)c1ccc(C=O)cc1F. The van der Waals surface area contributed by atoms with Crippen LogP contribution in [0.1, 0.15) is 17.3 Å². The second kappa shape index (κ2) is 6.14. The Bertz CT molecular complexity index is 449. The first kappa shape index (κ1) is 14.2. The van der Waals surface area contributed by atoms with E-state index in [1.807, 2.05) is 0 Å². The van der Waals surface area contributed by atoms with Crippen molar-refractivity contribution in [1.82, 2.24) is 5.32 Å². The van der Waals surface area contributed by atoms with Crippen LogP contribution in [0.15, 0.2) is 18.2 Å². The van der Waals surface area contributed by atoms with Gasteiger partial charge in [0.25, 0.3) is 0 Å². The van der Waals surface area contributed by atoms with Crippen molar-refractivity contribution in [2.45, 2.75) is 6.92 Å². The second-order valence-corrected chi connectivity index (χ2v) is 4.22. The average molecular weight is 252 g/mol. The Balaban J connectivity index is 2.81. The zero-order chi connectivity index (χ0) is 13.7. The first-order valence-electron chi connectivity index (χ1n) is 5.67. The average Bonchev–Trinajstić information content (AvgIpc) is 2.37. The molecular formula is C13H17FN2O2. The molecule has 0 aliphatic carbocycles. The second-order valence-electron chi connectivity index (χ2n) is 4.22. The lowest BCUT2D eigenvalue weighted by Crippen LogP contribution is -2.34. The number of rotatable bonds is 5. The van der Waals surface area contributed by atoms with E-state index in [2.05, 4.69) is 5.32 Å². The van der Waals surface area contributed by atoms with Gasteiger partial charge in [0, 0.05) is 26.2 Å². The third kappa shape index (κ3) is 3.29. The molecule has 0 radical (unpaired) electrons. The maximum Gasteiger partial charge on any atom is 0.224 e. The minimum atomic E-state index is -0.466. The van der Waals surface area contributed by atoms with E-state index in [9.17, 15) is 14.0 Å². The van der Waals surface area contributed by atoms with Gasteiger partial charge in [-0.1, -0.05) is 6.92 Å². The summed E-state index contributed by atoms with van der Waals surface area (Å²) in [4.78, 5) is 23.6. The third-order valence-corrected chi connectivity index (χ3v) is 2.76. The van der Waals surface area contributed by atoms with Gasteiger partial charge in [-0.3, -0.25) is 9.59 Å². The molecule has 0 bridgehead atoms. The van der Waals surface area contributed by atoms with Crippen molar-refractivity contribution < 1.29 is 14.0 Å². The number of amides is 1. The number of carbonyl (C=O) groups is 2. The molecule has 0 aliphatic heterocycles. The van der Waals surface area contributed by atoms with E-state index in [0.29, 0.717) is 24.1 Å². The van der Waals surface area contributed by atoms with Crippen molar-refractivity contribution in [1.29, 1.82) is 0 Å². The predicted octanol–water partition coefficient (Wildman–Crippen LogP) is 1.46. The number of aldehydes is 1. The van der Waals surface area contributed by atoms with Crippen LogP contribution in [-0.2, 0) is 4.79 Å². The molecule has 1 amide bonds. The van der Waals surface area contributed by atoms with Crippen molar-refractivity contribution in [3.8, 4) is 0 Å². The van der Waals surface area contributed by atoms with Crippen LogP contribution in [0.25, 0.3) is 0 Å². The fourth-order valence-electron chi connectivity index (χ4n) is 1.74. The molecule has 0 aromatic heterocycles. The van der Waals surface area contributed by atoms with Crippen LogP contribution in [0.3, 0.4) is 0 Å². The van der Waals surface area contributed by atoms with Gasteiger partial charge in [0.2, 0.25) is 5.91 Å². The van der Waals surface area contributed by atoms with E-state index in [-0.39, 0.29) is 11.8 Å². The molecule has 18 heavy (non-hydrogen) atoms. The fourth-order valence-corrected chi connectivity index (χ4v) is 1.74. The quantitative estimate of drug-likeness (QED) is 0.807. The molecule has 1 aromatic rings. The first-order chi connectivity index (χ1) is 8.49. The number of carbonyl (C=O) groups excluding carboxylic acids is 2. The van der Waals surface area contributed by atoms with Gasteiger partial charge in [-0.05, 0) is 18.2 Å². The minimum absolute atomic E-state index is 0.0910. The summed E-state index contributed by atoms with van der Waals surface area (Å²) in [5.41, 5.74) is 0.667. The minimum Gasteiger partial charge on any atom is -0.371 e. The third-order valence-electron chi connectivity index (χ3n) is 2.76. The lowest BCUT2D eigenvalue weighted by molar-refractivity contribution is -0.123. The molecule has 1 N–H and O–H groups in total. The molecular weight excluding hydrogens is 235 g/mol. The van der Waals surface area contributed by atoms with E-state index in [4.69, 9.17) is 0 Å². The molecule has 1 rings (SSSR count). The summed E-state index contributed by atoms with van der Waals surface area (Å²) in [5, 5.41) is 2.55. The van der Waals surface area contributed by atoms with Gasteiger partial charge in [0.15, 0.2) is 0 Å². The van der Waals surface area contributed by atoms with Crippen LogP contribution in [0.5, 0.6) is 0 Å². The molecule has 1 unspecified atom stereocenters. The topological polar surface area (TPSA) is 49.4 Å². The van der Waals surface area contributed by atoms with E-state index in [0.717, 1.165) is 0 Å². The summed E-state index contributed by atoms with van der Waals surface area (Å²) in [5.74, 6) is -0.803. The summed E-state index contributed by atoms with van der Waals surface area (Å²) in [6, 6.07) is 4.27. The lowest BCUT2D eigenvalue weighted by Gasteiger charge is -2.23. The summed E-state index contributed by atoms with van der Waals surface area (Å²) in [6.07, 6.45) is 0.597. The van der Waals surface area contributed by atoms with Crippen LogP contribution < -0.4 is 10.2 Å². The van der Waals surface area contributed by atoms with Crippen LogP contribution >= 0.6 is 0 Å². The largest absolute Gasteiger partial charge is 0.371 e. The highest BCUT2D eigenvalue weighted by atomic mass is 19.1. The van der Waals surface area contributed by atoms with Gasteiger partial charge >= 0.3 is 0 Å². The molecule has 98 valence electrons. The summed E-state index contributed by atoms with van der Waals surface area (Å²) in [7, 11) is 3.27. The number of anilines is 1. The Hall–Kier alpha value is -1.91. The monoisotopic (exact) mass is 252 g/mol. The molecule has 0 saturated heterocycles. The maximum atomic E-state index is 13.7. The number of nitrogens with one attached hydrogen (secondary N) is 1. The van der Waals surface area contributed by atoms with Gasteiger partial charge in [0.1, 0.15) is 12.1 Å². The standard InChI is InChI=1S/C13H17FN2O2/c1-9(13(18)15-2)7-16(3)12-5-4-10(8-17)6-11(12)14/h4-6,8-9H,7H2,1-3H3,(H,15,18). The van der Waals surface area contributed by atoms with Crippen LogP contribution in [-0.4, -0.2) is 32.8 Å². The lowest BCUT2D eigenvalue weighted by atomic mass is 10.1. The number of halogens is 1. The van der Waals surface area contributed by atoms with Gasteiger partial charge in [-0.15, -0.1) is 0 Å². The van der Waals surface area contributed by atoms with Gasteiger partial charge in [-0.2, -0.15) is 0 Å². The van der Waals surface area contributed by atoms with E-state index < -0.39 is 5.82 Å². The van der Waals surface area contributed by atoms with Gasteiger partial charge in [-0.25, -0.2) is 4.39 Å². The molecule has 0 aliphatic rings. The van der Waals surface area contributed by atoms with Crippen molar-refractivity contribution >= 4 is 17.9 Å². The van der Waals surface area contributed by atoms with Crippen LogP contribution in [0.2, 0.25) is 0 Å². The zero-order valence-corrected chi connectivity index (χ0v) is 10.7. The van der Waals surface area contributed by atoms with Crippen LogP contribution in [0, 0.1) is 11.7 Å².